The van der Waals surface area contributed by atoms with Crippen molar-refractivity contribution in [2.24, 2.45) is 0 Å². The second-order valence-corrected chi connectivity index (χ2v) is 3.97. The number of hydrogen-bond acceptors (Lipinski definition) is 4. The van der Waals surface area contributed by atoms with E-state index >= 15 is 0 Å². The van der Waals surface area contributed by atoms with Gasteiger partial charge in [0.1, 0.15) is 6.04 Å². The largest absolute Gasteiger partial charge is 0.382 e. The van der Waals surface area contributed by atoms with Crippen LogP contribution in [0.1, 0.15) is 13.3 Å². The van der Waals surface area contributed by atoms with Crippen molar-refractivity contribution in [2.75, 3.05) is 40.0 Å². The normalized spacial score (nSPS) is 21.3. The minimum absolute atomic E-state index is 0.0498. The molecule has 6 nitrogen and oxygen atoms in total. The van der Waals surface area contributed by atoms with Crippen LogP contribution in [0.5, 0.6) is 0 Å². The number of hydrogen-bond donors (Lipinski definition) is 1. The molecule has 0 aromatic rings. The topological polar surface area (TPSA) is 67.9 Å². The van der Waals surface area contributed by atoms with Gasteiger partial charge in [-0.25, -0.2) is 0 Å². The van der Waals surface area contributed by atoms with Crippen LogP contribution >= 0.6 is 0 Å². The molecule has 1 saturated heterocycles. The molecule has 98 valence electrons. The molecule has 1 fully saturated rings. The van der Waals surface area contributed by atoms with E-state index < -0.39 is 6.04 Å². The molecule has 0 aromatic carbocycles. The van der Waals surface area contributed by atoms with Crippen LogP contribution in [-0.2, 0) is 19.1 Å². The van der Waals surface area contributed by atoms with Crippen LogP contribution in [-0.4, -0.2) is 62.8 Å². The standard InChI is InChI=1S/C11H20N2O4/c1-9-11(15)13(4-3-10(14)12-9)5-6-17-8-7-16-2/h9H,3-8H2,1-2H3,(H,12,14). The first-order valence-electron chi connectivity index (χ1n) is 5.80. The lowest BCUT2D eigenvalue weighted by molar-refractivity contribution is -0.133. The number of nitrogens with zero attached hydrogens (tertiary/aromatic N) is 1. The van der Waals surface area contributed by atoms with Gasteiger partial charge in [0.2, 0.25) is 11.8 Å². The van der Waals surface area contributed by atoms with Gasteiger partial charge in [0.15, 0.2) is 0 Å². The Labute approximate surface area is 101 Å². The van der Waals surface area contributed by atoms with Crippen molar-refractivity contribution in [1.82, 2.24) is 10.2 Å². The fourth-order valence-electron chi connectivity index (χ4n) is 1.64. The zero-order chi connectivity index (χ0) is 12.7. The number of rotatable bonds is 6. The summed E-state index contributed by atoms with van der Waals surface area (Å²) in [5.41, 5.74) is 0. The number of carbonyl (C=O) groups is 2. The average Bonchev–Trinajstić information content (AvgIpc) is 2.42. The summed E-state index contributed by atoms with van der Waals surface area (Å²) in [5.74, 6) is -0.125. The maximum atomic E-state index is 11.8. The van der Waals surface area contributed by atoms with Crippen molar-refractivity contribution >= 4 is 11.8 Å². The van der Waals surface area contributed by atoms with E-state index in [-0.39, 0.29) is 11.8 Å². The van der Waals surface area contributed by atoms with Crippen LogP contribution in [0.2, 0.25) is 0 Å². The Morgan fingerprint density at radius 2 is 2.12 bits per heavy atom. The van der Waals surface area contributed by atoms with E-state index in [4.69, 9.17) is 9.47 Å². The summed E-state index contributed by atoms with van der Waals surface area (Å²) < 4.78 is 10.1. The highest BCUT2D eigenvalue weighted by Crippen LogP contribution is 2.02. The third kappa shape index (κ3) is 4.70. The van der Waals surface area contributed by atoms with E-state index in [1.807, 2.05) is 0 Å². The van der Waals surface area contributed by atoms with E-state index in [2.05, 4.69) is 5.32 Å². The summed E-state index contributed by atoms with van der Waals surface area (Å²) >= 11 is 0. The molecule has 1 unspecified atom stereocenters. The van der Waals surface area contributed by atoms with Crippen LogP contribution < -0.4 is 5.32 Å². The third-order valence-corrected chi connectivity index (χ3v) is 2.61. The van der Waals surface area contributed by atoms with Crippen molar-refractivity contribution in [3.8, 4) is 0 Å². The summed E-state index contributed by atoms with van der Waals surface area (Å²) in [4.78, 5) is 24.8. The predicted octanol–water partition coefficient (Wildman–Crippen LogP) is -0.614. The van der Waals surface area contributed by atoms with Crippen molar-refractivity contribution in [1.29, 1.82) is 0 Å². The van der Waals surface area contributed by atoms with Gasteiger partial charge < -0.3 is 19.7 Å². The van der Waals surface area contributed by atoms with Gasteiger partial charge in [-0.1, -0.05) is 0 Å². The van der Waals surface area contributed by atoms with Crippen molar-refractivity contribution < 1.29 is 19.1 Å². The molecule has 6 heteroatoms. The molecule has 1 N–H and O–H groups in total. The summed E-state index contributed by atoms with van der Waals surface area (Å²) in [7, 11) is 1.61. The van der Waals surface area contributed by atoms with Gasteiger partial charge in [0, 0.05) is 26.6 Å². The molecule has 17 heavy (non-hydrogen) atoms. The summed E-state index contributed by atoms with van der Waals surface area (Å²) in [6, 6.07) is -0.441. The van der Waals surface area contributed by atoms with Crippen molar-refractivity contribution in [3.05, 3.63) is 0 Å². The third-order valence-electron chi connectivity index (χ3n) is 2.61. The predicted molar refractivity (Wildman–Crippen MR) is 61.5 cm³/mol. The smallest absolute Gasteiger partial charge is 0.244 e. The highest BCUT2D eigenvalue weighted by atomic mass is 16.5. The number of amides is 2. The molecule has 0 saturated carbocycles. The van der Waals surface area contributed by atoms with E-state index in [1.165, 1.54) is 0 Å². The summed E-state index contributed by atoms with van der Waals surface area (Å²) in [6.07, 6.45) is 0.355. The second-order valence-electron chi connectivity index (χ2n) is 3.97. The van der Waals surface area contributed by atoms with Crippen LogP contribution in [0.25, 0.3) is 0 Å². The minimum Gasteiger partial charge on any atom is -0.382 e. The van der Waals surface area contributed by atoms with Crippen molar-refractivity contribution in [2.45, 2.75) is 19.4 Å². The molecule has 0 aromatic heterocycles. The fourth-order valence-corrected chi connectivity index (χ4v) is 1.64. The number of ether oxygens (including phenoxy) is 2. The Bertz CT molecular complexity index is 270. The SMILES string of the molecule is COCCOCCN1CCC(=O)NC(C)C1=O. The van der Waals surface area contributed by atoms with E-state index in [0.717, 1.165) is 0 Å². The fraction of sp³-hybridized carbons (Fsp3) is 0.818. The molecule has 0 aliphatic carbocycles. The number of carbonyl (C=O) groups excluding carboxylic acids is 2. The average molecular weight is 244 g/mol. The summed E-state index contributed by atoms with van der Waals surface area (Å²) in [5, 5.41) is 2.64. The zero-order valence-corrected chi connectivity index (χ0v) is 10.4. The maximum Gasteiger partial charge on any atom is 0.244 e. The van der Waals surface area contributed by atoms with Gasteiger partial charge in [0.05, 0.1) is 19.8 Å². The van der Waals surface area contributed by atoms with Gasteiger partial charge in [-0.05, 0) is 6.92 Å². The summed E-state index contributed by atoms with van der Waals surface area (Å²) in [6.45, 7) is 4.21. The zero-order valence-electron chi connectivity index (χ0n) is 10.4. The molecule has 0 radical (unpaired) electrons. The first-order chi connectivity index (χ1) is 8.15. The lowest BCUT2D eigenvalue weighted by Gasteiger charge is -2.22. The van der Waals surface area contributed by atoms with Crippen LogP contribution in [0.4, 0.5) is 0 Å². The Hall–Kier alpha value is -1.14. The Morgan fingerprint density at radius 1 is 1.35 bits per heavy atom. The Morgan fingerprint density at radius 3 is 2.82 bits per heavy atom. The molecule has 1 aliphatic heterocycles. The molecule has 1 atom stereocenters. The highest BCUT2D eigenvalue weighted by molar-refractivity contribution is 5.89. The monoisotopic (exact) mass is 244 g/mol. The molecule has 2 amide bonds. The molecule has 0 spiro atoms. The number of nitrogens with one attached hydrogen (secondary N) is 1. The first kappa shape index (κ1) is 13.9. The molecule has 0 bridgehead atoms. The highest BCUT2D eigenvalue weighted by Gasteiger charge is 2.25. The van der Waals surface area contributed by atoms with E-state index in [0.29, 0.717) is 39.3 Å². The van der Waals surface area contributed by atoms with Gasteiger partial charge in [-0.2, -0.15) is 0 Å². The molecular formula is C11H20N2O4. The van der Waals surface area contributed by atoms with Gasteiger partial charge in [-0.15, -0.1) is 0 Å². The maximum absolute atomic E-state index is 11.8. The van der Waals surface area contributed by atoms with Gasteiger partial charge >= 0.3 is 0 Å². The molecular weight excluding hydrogens is 224 g/mol. The second kappa shape index (κ2) is 7.24. The van der Waals surface area contributed by atoms with Crippen LogP contribution in [0.15, 0.2) is 0 Å². The van der Waals surface area contributed by atoms with Crippen LogP contribution in [0, 0.1) is 0 Å². The van der Waals surface area contributed by atoms with Crippen molar-refractivity contribution in [3.63, 3.8) is 0 Å². The van der Waals surface area contributed by atoms with E-state index in [9.17, 15) is 9.59 Å². The van der Waals surface area contributed by atoms with Crippen LogP contribution in [0.3, 0.4) is 0 Å². The number of methoxy groups -OCH3 is 1. The lowest BCUT2D eigenvalue weighted by atomic mass is 10.3. The van der Waals surface area contributed by atoms with Gasteiger partial charge in [0.25, 0.3) is 0 Å². The molecule has 1 rings (SSSR count). The minimum atomic E-state index is -0.441. The lowest BCUT2D eigenvalue weighted by Crippen LogP contribution is -2.43. The quantitative estimate of drug-likeness (QED) is 0.633. The molecule has 1 heterocycles. The Balaban J connectivity index is 2.30. The Kier molecular flexibility index (Phi) is 5.93. The van der Waals surface area contributed by atoms with Gasteiger partial charge in [-0.3, -0.25) is 9.59 Å². The molecule has 1 aliphatic rings. The first-order valence-corrected chi connectivity index (χ1v) is 5.80. The van der Waals surface area contributed by atoms with E-state index in [1.54, 1.807) is 18.9 Å².